The molecule has 35 heavy (non-hydrogen) atoms. The van der Waals surface area contributed by atoms with E-state index >= 15 is 0 Å². The maximum atomic E-state index is 12.8. The van der Waals surface area contributed by atoms with Crippen LogP contribution in [0.5, 0.6) is 0 Å². The maximum absolute atomic E-state index is 12.8. The molecule has 180 valence electrons. The minimum absolute atomic E-state index is 0. The van der Waals surface area contributed by atoms with Crippen molar-refractivity contribution in [3.63, 3.8) is 0 Å². The first kappa shape index (κ1) is 26.8. The van der Waals surface area contributed by atoms with Gasteiger partial charge in [-0.25, -0.2) is 32.2 Å². The van der Waals surface area contributed by atoms with Crippen LogP contribution in [0.15, 0.2) is 45.4 Å². The van der Waals surface area contributed by atoms with E-state index in [4.69, 9.17) is 4.42 Å². The third kappa shape index (κ3) is 5.91. The molecule has 2 fully saturated rings. The Morgan fingerprint density at radius 2 is 2.03 bits per heavy atom. The summed E-state index contributed by atoms with van der Waals surface area (Å²) in [7, 11) is -4.96. The third-order valence-electron chi connectivity index (χ3n) is 4.94. The molecule has 2 aromatic rings. The Balaban J connectivity index is 0.00000342. The van der Waals surface area contributed by atoms with E-state index in [-0.39, 0.29) is 47.0 Å². The number of nitrogens with one attached hydrogen (secondary N) is 2. The molecule has 2 N–H and O–H groups in total. The molecule has 2 unspecified atom stereocenters. The van der Waals surface area contributed by atoms with Gasteiger partial charge in [0.2, 0.25) is 5.91 Å². The smallest absolute Gasteiger partial charge is 0.731 e. The van der Waals surface area contributed by atoms with E-state index in [9.17, 15) is 32.1 Å². The molecule has 2 aliphatic heterocycles. The van der Waals surface area contributed by atoms with Crippen LogP contribution in [0.3, 0.4) is 0 Å². The zero-order valence-electron chi connectivity index (χ0n) is 18.2. The average molecular weight is 532 g/mol. The Bertz CT molecular complexity index is 1230. The van der Waals surface area contributed by atoms with Crippen molar-refractivity contribution in [3.8, 4) is 0 Å². The van der Waals surface area contributed by atoms with Gasteiger partial charge in [-0.2, -0.15) is 5.10 Å². The van der Waals surface area contributed by atoms with Crippen LogP contribution < -0.4 is 40.2 Å². The van der Waals surface area contributed by atoms with Crippen molar-refractivity contribution in [3.05, 3.63) is 46.5 Å². The fraction of sp³-hybridized carbons (Fsp3) is 0.278. The van der Waals surface area contributed by atoms with Gasteiger partial charge < -0.3 is 19.6 Å². The standard InChI is InChI=1S/C18H18N6O8S2.Na/c25-15(20-12-10-24(16(12)26)34(29,30)31)14(13-4-2-8-33-13)21-17(27)22-5-6-23(18(22)28)19-9-11-3-1-7-32-11;/h1-4,7-9,12,14H,5-6,10H2,(H,20,25)(H,21,27)(H,29,30,31);/q;+1/p-1. The normalized spacial score (nSPS) is 18.9. The van der Waals surface area contributed by atoms with E-state index < -0.39 is 52.8 Å². The molecule has 0 spiro atoms. The molecule has 0 bridgehead atoms. The molecule has 2 aromatic heterocycles. The number of rotatable bonds is 7. The van der Waals surface area contributed by atoms with Crippen molar-refractivity contribution < 1.29 is 66.1 Å². The molecule has 14 nitrogen and oxygen atoms in total. The number of carbonyl (C=O) groups is 4. The van der Waals surface area contributed by atoms with E-state index in [2.05, 4.69) is 15.7 Å². The zero-order chi connectivity index (χ0) is 24.5. The van der Waals surface area contributed by atoms with Crippen molar-refractivity contribution in [2.45, 2.75) is 12.1 Å². The molecule has 0 aromatic carbocycles. The number of urea groups is 2. The second kappa shape index (κ2) is 10.9. The number of β-lactam (4-membered cyclic amide) rings is 1. The van der Waals surface area contributed by atoms with Crippen LogP contribution in [0, 0.1) is 0 Å². The number of nitrogens with zero attached hydrogens (tertiary/aromatic N) is 4. The van der Waals surface area contributed by atoms with E-state index in [1.807, 2.05) is 0 Å². The fourth-order valence-corrected chi connectivity index (χ4v) is 4.65. The molecule has 0 radical (unpaired) electrons. The average Bonchev–Trinajstić information content (AvgIpc) is 3.54. The summed E-state index contributed by atoms with van der Waals surface area (Å²) >= 11 is 1.15. The van der Waals surface area contributed by atoms with Crippen LogP contribution in [0.2, 0.25) is 0 Å². The second-order valence-electron chi connectivity index (χ2n) is 7.10. The van der Waals surface area contributed by atoms with Crippen molar-refractivity contribution >= 4 is 51.7 Å². The predicted octanol–water partition coefficient (Wildman–Crippen LogP) is -3.35. The number of imide groups is 1. The van der Waals surface area contributed by atoms with E-state index in [0.29, 0.717) is 10.6 Å². The van der Waals surface area contributed by atoms with Crippen LogP contribution in [0.25, 0.3) is 0 Å². The Morgan fingerprint density at radius 1 is 1.26 bits per heavy atom. The molecule has 4 heterocycles. The molecule has 2 saturated heterocycles. The summed E-state index contributed by atoms with van der Waals surface area (Å²) in [6.07, 6.45) is 2.76. The molecule has 4 rings (SSSR count). The van der Waals surface area contributed by atoms with Gasteiger partial charge in [-0.05, 0) is 23.6 Å². The zero-order valence-corrected chi connectivity index (χ0v) is 21.8. The number of thiophene rings is 1. The number of carbonyl (C=O) groups excluding carboxylic acids is 4. The molecular formula is C18H17N6NaO8S2. The summed E-state index contributed by atoms with van der Waals surface area (Å²) in [6, 6.07) is 2.42. The summed E-state index contributed by atoms with van der Waals surface area (Å²) in [5.74, 6) is -1.46. The number of furan rings is 1. The Labute approximate surface area is 225 Å². The first-order valence-electron chi connectivity index (χ1n) is 9.73. The predicted molar refractivity (Wildman–Crippen MR) is 114 cm³/mol. The molecule has 2 aliphatic rings. The van der Waals surface area contributed by atoms with Crippen LogP contribution in [-0.2, 0) is 19.9 Å². The van der Waals surface area contributed by atoms with Crippen LogP contribution in [0.4, 0.5) is 9.59 Å². The van der Waals surface area contributed by atoms with E-state index in [1.165, 1.54) is 12.5 Å². The molecule has 17 heteroatoms. The molecule has 6 amide bonds. The Morgan fingerprint density at radius 3 is 2.63 bits per heavy atom. The van der Waals surface area contributed by atoms with E-state index in [1.54, 1.807) is 29.6 Å². The van der Waals surface area contributed by atoms with Crippen LogP contribution in [-0.4, -0.2) is 83.0 Å². The summed E-state index contributed by atoms with van der Waals surface area (Å²) < 4.78 is 38.1. The van der Waals surface area contributed by atoms with Crippen molar-refractivity contribution in [1.82, 2.24) is 24.8 Å². The number of hydrogen-bond donors (Lipinski definition) is 2. The summed E-state index contributed by atoms with van der Waals surface area (Å²) in [5, 5.41) is 11.5. The Hall–Kier alpha value is -2.76. The monoisotopic (exact) mass is 532 g/mol. The largest absolute Gasteiger partial charge is 1.00 e. The van der Waals surface area contributed by atoms with Gasteiger partial charge in [0.25, 0.3) is 5.91 Å². The summed E-state index contributed by atoms with van der Waals surface area (Å²) in [6.45, 7) is -0.374. The van der Waals surface area contributed by atoms with Gasteiger partial charge in [0.05, 0.1) is 32.1 Å². The van der Waals surface area contributed by atoms with Gasteiger partial charge in [-0.15, -0.1) is 11.3 Å². The van der Waals surface area contributed by atoms with Crippen LogP contribution in [0.1, 0.15) is 16.7 Å². The second-order valence-corrected chi connectivity index (χ2v) is 9.38. The molecule has 0 aliphatic carbocycles. The van der Waals surface area contributed by atoms with Gasteiger partial charge in [0, 0.05) is 4.88 Å². The number of hydrogen-bond acceptors (Lipinski definition) is 10. The molecular weight excluding hydrogens is 515 g/mol. The molecule has 2 atom stereocenters. The van der Waals surface area contributed by atoms with Crippen LogP contribution >= 0.6 is 11.3 Å². The first-order chi connectivity index (χ1) is 16.1. The van der Waals surface area contributed by atoms with Gasteiger partial charge in [-0.1, -0.05) is 6.07 Å². The van der Waals surface area contributed by atoms with Crippen molar-refractivity contribution in [2.75, 3.05) is 19.6 Å². The fourth-order valence-electron chi connectivity index (χ4n) is 3.19. The summed E-state index contributed by atoms with van der Waals surface area (Å²) in [5.41, 5.74) is 0. The number of hydrazone groups is 1. The SMILES string of the molecule is O=C(NC1CN(S(=O)(=O)[O-])C1=O)C(NC(=O)N1CCN(N=Cc2ccco2)C1=O)c1cccs1.[Na+]. The Kier molecular flexibility index (Phi) is 8.34. The minimum Gasteiger partial charge on any atom is -0.731 e. The van der Waals surface area contributed by atoms with Crippen molar-refractivity contribution in [2.24, 2.45) is 5.10 Å². The molecule has 0 saturated carbocycles. The van der Waals surface area contributed by atoms with Gasteiger partial charge in [-0.3, -0.25) is 9.59 Å². The topological polar surface area (TPSA) is 185 Å². The van der Waals surface area contributed by atoms with Crippen molar-refractivity contribution in [1.29, 1.82) is 0 Å². The maximum Gasteiger partial charge on any atom is 1.00 e. The van der Waals surface area contributed by atoms with E-state index in [0.717, 1.165) is 21.2 Å². The van der Waals surface area contributed by atoms with Gasteiger partial charge in [0.1, 0.15) is 17.8 Å². The third-order valence-corrected chi connectivity index (χ3v) is 6.74. The summed E-state index contributed by atoms with van der Waals surface area (Å²) in [4.78, 5) is 51.3. The number of amides is 6. The van der Waals surface area contributed by atoms with Gasteiger partial charge >= 0.3 is 41.6 Å². The van der Waals surface area contributed by atoms with Gasteiger partial charge in [0.15, 0.2) is 10.3 Å². The first-order valence-corrected chi connectivity index (χ1v) is 12.0. The quantitative estimate of drug-likeness (QED) is 0.160. The minimum atomic E-state index is -4.96.